The molecule has 2 aromatic rings. The van der Waals surface area contributed by atoms with Crippen LogP contribution in [0.3, 0.4) is 0 Å². The molecule has 1 nitrogen and oxygen atoms in total. The summed E-state index contributed by atoms with van der Waals surface area (Å²) >= 11 is 0. The van der Waals surface area contributed by atoms with Gasteiger partial charge in [0.1, 0.15) is 0 Å². The number of hydrogen-bond donors (Lipinski definition) is 0. The summed E-state index contributed by atoms with van der Waals surface area (Å²) in [5.41, 5.74) is 3.86. The lowest BCUT2D eigenvalue weighted by atomic mass is 10.0. The van der Waals surface area contributed by atoms with Gasteiger partial charge in [0, 0.05) is 10.9 Å². The molecule has 2 rings (SSSR count). The van der Waals surface area contributed by atoms with Gasteiger partial charge in [-0.1, -0.05) is 60.7 Å². The molecule has 0 saturated heterocycles. The van der Waals surface area contributed by atoms with Crippen molar-refractivity contribution in [3.05, 3.63) is 79.1 Å². The van der Waals surface area contributed by atoms with Gasteiger partial charge in [0.25, 0.3) is 0 Å². The van der Waals surface area contributed by atoms with Crippen molar-refractivity contribution in [1.82, 2.24) is 4.79 Å². The Morgan fingerprint density at radius 3 is 2.52 bits per heavy atom. The number of rotatable bonds is 5. The molecule has 1 aromatic heterocycles. The van der Waals surface area contributed by atoms with E-state index < -0.39 is 0 Å². The molecule has 1 heterocycles. The normalized spacial score (nSPS) is 12.0. The predicted octanol–water partition coefficient (Wildman–Crippen LogP) is 5.81. The van der Waals surface area contributed by atoms with E-state index >= 15 is 0 Å². The minimum Gasteiger partial charge on any atom is -0.179 e. The molecule has 0 unspecified atom stereocenters. The van der Waals surface area contributed by atoms with Gasteiger partial charge in [0.05, 0.1) is 11.2 Å². The summed E-state index contributed by atoms with van der Waals surface area (Å²) in [6.07, 6.45) is 10.7. The van der Waals surface area contributed by atoms with Crippen LogP contribution >= 0.6 is 0 Å². The average Bonchev–Trinajstić information content (AvgIpc) is 2.78. The zero-order valence-corrected chi connectivity index (χ0v) is 12.1. The first kappa shape index (κ1) is 14.8. The average molecular weight is 279 g/mol. The summed E-state index contributed by atoms with van der Waals surface area (Å²) < 4.78 is 14.2. The smallest absolute Gasteiger partial charge is 0.0826 e. The van der Waals surface area contributed by atoms with E-state index in [0.717, 1.165) is 22.1 Å². The molecule has 0 aliphatic carbocycles. The lowest BCUT2D eigenvalue weighted by molar-refractivity contribution is 0.384. The standard InChI is InChI=1S/C19H18FN/c1-5-8-9-10-14(4)15-11-12-19-17(13-15)16(6-2)18(7-3)21(19)20/h5-13H,1-3H2,4H3/b9-8-,14-10+. The van der Waals surface area contributed by atoms with Crippen LogP contribution in [0.5, 0.6) is 0 Å². The number of halogens is 1. The Labute approximate surface area is 124 Å². The zero-order valence-electron chi connectivity index (χ0n) is 12.1. The molecule has 0 spiro atoms. The van der Waals surface area contributed by atoms with Crippen LogP contribution in [0, 0.1) is 0 Å². The number of fused-ring (bicyclic) bond motifs is 1. The van der Waals surface area contributed by atoms with Gasteiger partial charge in [0.15, 0.2) is 0 Å². The van der Waals surface area contributed by atoms with Gasteiger partial charge >= 0.3 is 0 Å². The van der Waals surface area contributed by atoms with E-state index in [1.54, 1.807) is 18.2 Å². The topological polar surface area (TPSA) is 4.93 Å². The Morgan fingerprint density at radius 1 is 1.14 bits per heavy atom. The first-order valence-corrected chi connectivity index (χ1v) is 6.70. The molecule has 0 aliphatic rings. The summed E-state index contributed by atoms with van der Waals surface area (Å²) in [6, 6.07) is 5.66. The van der Waals surface area contributed by atoms with Crippen LogP contribution in [0.4, 0.5) is 4.48 Å². The van der Waals surface area contributed by atoms with Crippen molar-refractivity contribution in [2.75, 3.05) is 0 Å². The van der Waals surface area contributed by atoms with Crippen molar-refractivity contribution in [3.8, 4) is 0 Å². The molecule has 0 N–H and O–H groups in total. The minimum atomic E-state index is 0.435. The van der Waals surface area contributed by atoms with Crippen LogP contribution in [0.1, 0.15) is 23.7 Å². The molecule has 0 aliphatic heterocycles. The third-order valence-corrected chi connectivity index (χ3v) is 3.43. The second-order valence-corrected chi connectivity index (χ2v) is 4.69. The highest BCUT2D eigenvalue weighted by atomic mass is 19.2. The van der Waals surface area contributed by atoms with Crippen molar-refractivity contribution < 1.29 is 4.48 Å². The van der Waals surface area contributed by atoms with Gasteiger partial charge < -0.3 is 0 Å². The van der Waals surface area contributed by atoms with E-state index in [0.29, 0.717) is 16.0 Å². The number of hydrogen-bond acceptors (Lipinski definition) is 0. The van der Waals surface area contributed by atoms with Gasteiger partial charge in [-0.05, 0) is 36.3 Å². The summed E-state index contributed by atoms with van der Waals surface area (Å²) in [6.45, 7) is 13.1. The number of benzene rings is 1. The minimum absolute atomic E-state index is 0.435. The molecule has 106 valence electrons. The molecule has 0 saturated carbocycles. The quantitative estimate of drug-likeness (QED) is 0.609. The van der Waals surface area contributed by atoms with E-state index in [4.69, 9.17) is 0 Å². The van der Waals surface area contributed by atoms with E-state index in [9.17, 15) is 4.48 Å². The van der Waals surface area contributed by atoms with Crippen molar-refractivity contribution in [1.29, 1.82) is 0 Å². The maximum Gasteiger partial charge on any atom is 0.0826 e. The van der Waals surface area contributed by atoms with Crippen molar-refractivity contribution >= 4 is 28.6 Å². The van der Waals surface area contributed by atoms with Gasteiger partial charge in [-0.25, -0.2) is 0 Å². The third-order valence-electron chi connectivity index (χ3n) is 3.43. The number of aromatic nitrogens is 1. The Hall–Kier alpha value is -2.61. The fraction of sp³-hybridized carbons (Fsp3) is 0.0526. The largest absolute Gasteiger partial charge is 0.179 e. The Bertz CT molecular complexity index is 772. The summed E-state index contributed by atoms with van der Waals surface area (Å²) in [7, 11) is 0. The molecule has 0 atom stereocenters. The summed E-state index contributed by atoms with van der Waals surface area (Å²) in [4.78, 5) is 0.653. The summed E-state index contributed by atoms with van der Waals surface area (Å²) in [5, 5.41) is 0.834. The highest BCUT2D eigenvalue weighted by Crippen LogP contribution is 2.30. The van der Waals surface area contributed by atoms with Crippen LogP contribution in [0.15, 0.2) is 62.2 Å². The first-order chi connectivity index (χ1) is 10.1. The van der Waals surface area contributed by atoms with Gasteiger partial charge in [0.2, 0.25) is 0 Å². The van der Waals surface area contributed by atoms with Crippen LogP contribution in [-0.4, -0.2) is 4.79 Å². The van der Waals surface area contributed by atoms with E-state index in [2.05, 4.69) is 19.7 Å². The van der Waals surface area contributed by atoms with Gasteiger partial charge in [-0.15, -0.1) is 0 Å². The molecule has 0 amide bonds. The van der Waals surface area contributed by atoms with Crippen LogP contribution < -0.4 is 0 Å². The Morgan fingerprint density at radius 2 is 1.90 bits per heavy atom. The Balaban J connectivity index is 2.63. The molecule has 0 bridgehead atoms. The van der Waals surface area contributed by atoms with Crippen LogP contribution in [0.25, 0.3) is 28.6 Å². The van der Waals surface area contributed by atoms with E-state index in [1.807, 2.05) is 37.3 Å². The molecule has 1 aromatic carbocycles. The van der Waals surface area contributed by atoms with Crippen molar-refractivity contribution in [2.45, 2.75) is 6.92 Å². The molecule has 21 heavy (non-hydrogen) atoms. The second kappa shape index (κ2) is 6.23. The lowest BCUT2D eigenvalue weighted by Gasteiger charge is -2.02. The third kappa shape index (κ3) is 2.65. The SMILES string of the molecule is C=C/C=C\C=C(/C)c1ccc2c(c1)c(C=C)c(C=C)n2F. The lowest BCUT2D eigenvalue weighted by Crippen LogP contribution is -1.85. The van der Waals surface area contributed by atoms with Gasteiger partial charge in [-0.3, -0.25) is 0 Å². The maximum atomic E-state index is 14.2. The maximum absolute atomic E-state index is 14.2. The fourth-order valence-corrected chi connectivity index (χ4v) is 2.32. The van der Waals surface area contributed by atoms with E-state index in [-0.39, 0.29) is 0 Å². The van der Waals surface area contributed by atoms with Crippen molar-refractivity contribution in [3.63, 3.8) is 0 Å². The molecular weight excluding hydrogens is 261 g/mol. The summed E-state index contributed by atoms with van der Waals surface area (Å²) in [5.74, 6) is 0. The highest BCUT2D eigenvalue weighted by Gasteiger charge is 2.13. The van der Waals surface area contributed by atoms with Crippen LogP contribution in [-0.2, 0) is 0 Å². The predicted molar refractivity (Wildman–Crippen MR) is 91.6 cm³/mol. The van der Waals surface area contributed by atoms with Crippen molar-refractivity contribution in [2.24, 2.45) is 0 Å². The number of nitrogens with zero attached hydrogens (tertiary/aromatic N) is 1. The Kier molecular flexibility index (Phi) is 4.39. The van der Waals surface area contributed by atoms with Gasteiger partial charge in [-0.2, -0.15) is 4.79 Å². The highest BCUT2D eigenvalue weighted by molar-refractivity contribution is 5.95. The zero-order chi connectivity index (χ0) is 15.4. The molecular formula is C19H18FN. The number of allylic oxidation sites excluding steroid dienone is 5. The fourth-order valence-electron chi connectivity index (χ4n) is 2.32. The molecule has 0 fully saturated rings. The van der Waals surface area contributed by atoms with E-state index in [1.165, 1.54) is 6.08 Å². The molecule has 0 radical (unpaired) electrons. The molecule has 2 heteroatoms. The first-order valence-electron chi connectivity index (χ1n) is 6.70. The van der Waals surface area contributed by atoms with Crippen LogP contribution in [0.2, 0.25) is 0 Å². The monoisotopic (exact) mass is 279 g/mol. The second-order valence-electron chi connectivity index (χ2n) is 4.69.